The molecule has 1 amide bonds. The van der Waals surface area contributed by atoms with Crippen LogP contribution in [-0.2, 0) is 6.67 Å². The van der Waals surface area contributed by atoms with E-state index < -0.39 is 5.91 Å². The van der Waals surface area contributed by atoms with Crippen LogP contribution in [-0.4, -0.2) is 28.7 Å². The van der Waals surface area contributed by atoms with E-state index in [-0.39, 0.29) is 11.4 Å². The van der Waals surface area contributed by atoms with Crippen LogP contribution in [0.2, 0.25) is 5.02 Å². The molecule has 4 rings (SSSR count). The number of hydrogen-bond donors (Lipinski definition) is 2. The number of para-hydroxylation sites is 1. The lowest BCUT2D eigenvalue weighted by molar-refractivity contribution is -0.910. The van der Waals surface area contributed by atoms with Gasteiger partial charge in [0.05, 0.1) is 29.2 Å². The zero-order valence-corrected chi connectivity index (χ0v) is 15.5. The molecule has 1 saturated heterocycles. The molecule has 0 unspecified atom stereocenters. The Labute approximate surface area is 161 Å². The highest BCUT2D eigenvalue weighted by atomic mass is 35.5. The molecule has 7 heteroatoms. The van der Waals surface area contributed by atoms with Crippen molar-refractivity contribution in [2.45, 2.75) is 19.5 Å². The quantitative estimate of drug-likeness (QED) is 0.676. The number of nitrogens with one attached hydrogen (secondary N) is 1. The van der Waals surface area contributed by atoms with Crippen LogP contribution in [0.1, 0.15) is 23.2 Å². The number of aromatic hydroxyl groups is 1. The van der Waals surface area contributed by atoms with E-state index in [9.17, 15) is 9.90 Å². The average Bonchev–Trinajstić information content (AvgIpc) is 3.28. The number of halogens is 1. The van der Waals surface area contributed by atoms with Crippen LogP contribution >= 0.6 is 11.6 Å². The number of carbonyl (C=O) groups excluding carboxylic acids is 1. The minimum Gasteiger partial charge on any atom is -0.493 e. The van der Waals surface area contributed by atoms with E-state index in [0.29, 0.717) is 17.4 Å². The third-order valence-corrected chi connectivity index (χ3v) is 5.28. The van der Waals surface area contributed by atoms with Crippen molar-refractivity contribution in [3.8, 4) is 5.88 Å². The molecule has 1 aromatic heterocycles. The van der Waals surface area contributed by atoms with E-state index in [2.05, 4.69) is 10.2 Å². The number of benzene rings is 2. The third kappa shape index (κ3) is 3.46. The number of likely N-dealkylation sites (tertiary alicyclic amines) is 1. The number of aromatic nitrogens is 1. The van der Waals surface area contributed by atoms with Crippen molar-refractivity contribution in [2.24, 2.45) is 10.2 Å². The van der Waals surface area contributed by atoms with Crippen LogP contribution in [0, 0.1) is 0 Å². The summed E-state index contributed by atoms with van der Waals surface area (Å²) >= 11 is 6.05. The van der Waals surface area contributed by atoms with Gasteiger partial charge in [-0.2, -0.15) is 0 Å². The molecular formula is C20H20ClN4O2+. The molecule has 0 aliphatic carbocycles. The first-order valence-corrected chi connectivity index (χ1v) is 9.37. The van der Waals surface area contributed by atoms with Crippen molar-refractivity contribution in [1.29, 1.82) is 0 Å². The fourth-order valence-electron chi connectivity index (χ4n) is 3.57. The molecule has 3 aromatic rings. The van der Waals surface area contributed by atoms with Gasteiger partial charge in [-0.05, 0) is 18.2 Å². The molecule has 138 valence electrons. The summed E-state index contributed by atoms with van der Waals surface area (Å²) in [5.41, 5.74) is 1.48. The number of hydrogen-bond acceptors (Lipinski definition) is 3. The predicted molar refractivity (Wildman–Crippen MR) is 104 cm³/mol. The normalized spacial score (nSPS) is 15.1. The lowest BCUT2D eigenvalue weighted by atomic mass is 10.2. The number of fused-ring (bicyclic) bond motifs is 1. The van der Waals surface area contributed by atoms with Gasteiger partial charge < -0.3 is 10.0 Å². The molecule has 0 atom stereocenters. The van der Waals surface area contributed by atoms with Crippen LogP contribution in [0.25, 0.3) is 10.9 Å². The topological polar surface area (TPSA) is 71.4 Å². The Kier molecular flexibility index (Phi) is 4.92. The average molecular weight is 384 g/mol. The van der Waals surface area contributed by atoms with Crippen LogP contribution < -0.4 is 4.90 Å². The molecule has 2 aromatic carbocycles. The lowest BCUT2D eigenvalue weighted by Gasteiger charge is -2.14. The maximum Gasteiger partial charge on any atom is 0.296 e. The summed E-state index contributed by atoms with van der Waals surface area (Å²) in [5, 5.41) is 19.7. The summed E-state index contributed by atoms with van der Waals surface area (Å²) in [4.78, 5) is 13.8. The van der Waals surface area contributed by atoms with Gasteiger partial charge in [0.15, 0.2) is 12.4 Å². The summed E-state index contributed by atoms with van der Waals surface area (Å²) in [6, 6.07) is 14.3. The molecule has 6 nitrogen and oxygen atoms in total. The zero-order valence-electron chi connectivity index (χ0n) is 14.7. The number of rotatable bonds is 4. The van der Waals surface area contributed by atoms with Crippen LogP contribution in [0.3, 0.4) is 0 Å². The van der Waals surface area contributed by atoms with Crippen LogP contribution in [0.4, 0.5) is 5.69 Å². The molecule has 0 radical (unpaired) electrons. The number of carbonyl (C=O) groups is 1. The fraction of sp³-hybridized carbons (Fsp3) is 0.250. The smallest absolute Gasteiger partial charge is 0.296 e. The van der Waals surface area contributed by atoms with E-state index >= 15 is 0 Å². The van der Waals surface area contributed by atoms with E-state index in [0.717, 1.165) is 24.0 Å². The fourth-order valence-corrected chi connectivity index (χ4v) is 3.79. The monoisotopic (exact) mass is 383 g/mol. The number of quaternary nitrogens is 1. The predicted octanol–water partition coefficient (Wildman–Crippen LogP) is 3.56. The molecule has 0 bridgehead atoms. The van der Waals surface area contributed by atoms with Gasteiger partial charge in [-0.25, -0.2) is 0 Å². The van der Waals surface area contributed by atoms with Gasteiger partial charge >= 0.3 is 0 Å². The van der Waals surface area contributed by atoms with Gasteiger partial charge in [0, 0.05) is 18.2 Å². The van der Waals surface area contributed by atoms with Crippen molar-refractivity contribution < 1.29 is 14.8 Å². The van der Waals surface area contributed by atoms with Crippen LogP contribution in [0.15, 0.2) is 58.8 Å². The van der Waals surface area contributed by atoms with Gasteiger partial charge in [0.1, 0.15) is 0 Å². The molecule has 1 fully saturated rings. The Morgan fingerprint density at radius 2 is 1.81 bits per heavy atom. The molecule has 2 heterocycles. The maximum absolute atomic E-state index is 12.3. The van der Waals surface area contributed by atoms with Crippen molar-refractivity contribution in [3.05, 3.63) is 59.1 Å². The van der Waals surface area contributed by atoms with E-state index in [1.54, 1.807) is 24.3 Å². The number of amides is 1. The second-order valence-electron chi connectivity index (χ2n) is 6.72. The largest absolute Gasteiger partial charge is 0.493 e. The van der Waals surface area contributed by atoms with Gasteiger partial charge in [-0.3, -0.25) is 9.36 Å². The first-order valence-electron chi connectivity index (χ1n) is 8.99. The number of nitrogens with zero attached hydrogens (tertiary/aromatic N) is 3. The Balaban J connectivity index is 1.70. The SMILES string of the molecule is O=C(N=Nc1c(O)n(C[NH+]2CCCC2)c2ccccc12)c1ccccc1Cl. The van der Waals surface area contributed by atoms with Gasteiger partial charge in [0.2, 0.25) is 5.88 Å². The molecule has 0 spiro atoms. The van der Waals surface area contributed by atoms with Gasteiger partial charge in [0.25, 0.3) is 5.91 Å². The van der Waals surface area contributed by atoms with Crippen molar-refractivity contribution >= 4 is 34.1 Å². The van der Waals surface area contributed by atoms with E-state index in [1.165, 1.54) is 17.7 Å². The van der Waals surface area contributed by atoms with Crippen molar-refractivity contribution in [2.75, 3.05) is 13.1 Å². The molecule has 27 heavy (non-hydrogen) atoms. The Bertz CT molecular complexity index is 1020. The van der Waals surface area contributed by atoms with Gasteiger partial charge in [-0.15, -0.1) is 10.2 Å². The zero-order chi connectivity index (χ0) is 18.8. The van der Waals surface area contributed by atoms with Gasteiger partial charge in [-0.1, -0.05) is 41.9 Å². The van der Waals surface area contributed by atoms with E-state index in [1.807, 2.05) is 28.8 Å². The first-order chi connectivity index (χ1) is 13.1. The Morgan fingerprint density at radius 1 is 1.11 bits per heavy atom. The summed E-state index contributed by atoms with van der Waals surface area (Å²) in [7, 11) is 0. The summed E-state index contributed by atoms with van der Waals surface area (Å²) < 4.78 is 1.85. The molecular weight excluding hydrogens is 364 g/mol. The maximum atomic E-state index is 12.3. The summed E-state index contributed by atoms with van der Waals surface area (Å²) in [5.74, 6) is -0.506. The highest BCUT2D eigenvalue weighted by molar-refractivity contribution is 6.33. The second kappa shape index (κ2) is 7.50. The molecule has 0 saturated carbocycles. The minimum atomic E-state index is -0.540. The van der Waals surface area contributed by atoms with Crippen molar-refractivity contribution in [1.82, 2.24) is 4.57 Å². The highest BCUT2D eigenvalue weighted by Gasteiger charge is 2.22. The minimum absolute atomic E-state index is 0.0336. The lowest BCUT2D eigenvalue weighted by Crippen LogP contribution is -3.09. The molecule has 1 aliphatic heterocycles. The van der Waals surface area contributed by atoms with Crippen LogP contribution in [0.5, 0.6) is 5.88 Å². The summed E-state index contributed by atoms with van der Waals surface area (Å²) in [6.07, 6.45) is 2.41. The Morgan fingerprint density at radius 3 is 2.59 bits per heavy atom. The standard InChI is InChI=1S/C20H19ClN4O2/c21-16-9-3-1-7-14(16)19(26)23-22-18-15-8-2-4-10-17(15)25(20(18)27)13-24-11-5-6-12-24/h1-4,7-10,27H,5-6,11-13H2/p+1. The second-order valence-corrected chi connectivity index (χ2v) is 7.12. The summed E-state index contributed by atoms with van der Waals surface area (Å²) in [6.45, 7) is 2.85. The third-order valence-electron chi connectivity index (χ3n) is 4.95. The van der Waals surface area contributed by atoms with E-state index in [4.69, 9.17) is 11.6 Å². The number of azo groups is 1. The highest BCUT2D eigenvalue weighted by Crippen LogP contribution is 2.38. The Hall–Kier alpha value is -2.70. The van der Waals surface area contributed by atoms with Crippen molar-refractivity contribution in [3.63, 3.8) is 0 Å². The molecule has 2 N–H and O–H groups in total. The molecule has 1 aliphatic rings. The first kappa shape index (κ1) is 17.7.